The number of likely N-dealkylation sites (tertiary alicyclic amines) is 1. The first-order valence-electron chi connectivity index (χ1n) is 3.62. The van der Waals surface area contributed by atoms with Gasteiger partial charge in [0.25, 0.3) is 0 Å². The molecule has 46 valence electrons. The van der Waals surface area contributed by atoms with Gasteiger partial charge in [-0.15, -0.1) is 0 Å². The Balaban J connectivity index is 1.89. The minimum atomic E-state index is 1.12. The molecule has 2 aliphatic rings. The zero-order valence-electron chi connectivity index (χ0n) is 5.43. The molecule has 1 heteroatoms. The van der Waals surface area contributed by atoms with Crippen molar-refractivity contribution in [1.29, 1.82) is 0 Å². The minimum absolute atomic E-state index is 1.12. The Labute approximate surface area is 50.7 Å². The maximum atomic E-state index is 2.55. The van der Waals surface area contributed by atoms with Crippen molar-refractivity contribution in [2.75, 3.05) is 19.6 Å². The van der Waals surface area contributed by atoms with Crippen LogP contribution in [0.2, 0.25) is 0 Å². The third kappa shape index (κ3) is 0.576. The predicted molar refractivity (Wildman–Crippen MR) is 33.7 cm³/mol. The summed E-state index contributed by atoms with van der Waals surface area (Å²) in [4.78, 5) is 2.55. The van der Waals surface area contributed by atoms with E-state index in [-0.39, 0.29) is 0 Å². The van der Waals surface area contributed by atoms with E-state index in [1.165, 1.54) is 26.1 Å². The normalized spacial score (nSPS) is 44.6. The fraction of sp³-hybridized carbons (Fsp3) is 1.00. The van der Waals surface area contributed by atoms with E-state index in [4.69, 9.17) is 0 Å². The lowest BCUT2D eigenvalue weighted by molar-refractivity contribution is 0.322. The Morgan fingerprint density at radius 3 is 2.38 bits per heavy atom. The quantitative estimate of drug-likeness (QED) is 0.487. The van der Waals surface area contributed by atoms with E-state index in [9.17, 15) is 0 Å². The topological polar surface area (TPSA) is 3.24 Å². The molecule has 2 fully saturated rings. The monoisotopic (exact) mass is 111 g/mol. The van der Waals surface area contributed by atoms with Gasteiger partial charge in [0, 0.05) is 13.1 Å². The number of piperidine rings is 1. The van der Waals surface area contributed by atoms with Crippen LogP contribution in [-0.4, -0.2) is 24.5 Å². The van der Waals surface area contributed by atoms with Gasteiger partial charge in [-0.1, -0.05) is 6.92 Å². The van der Waals surface area contributed by atoms with Gasteiger partial charge in [-0.2, -0.15) is 0 Å². The van der Waals surface area contributed by atoms with Crippen molar-refractivity contribution in [3.05, 3.63) is 0 Å². The van der Waals surface area contributed by atoms with E-state index in [1.54, 1.807) is 0 Å². The average molecular weight is 111 g/mol. The molecule has 1 saturated heterocycles. The smallest absolute Gasteiger partial charge is 0.00129 e. The summed E-state index contributed by atoms with van der Waals surface area (Å²) in [6, 6.07) is 0. The number of fused-ring (bicyclic) bond motifs is 1. The molecule has 1 unspecified atom stereocenters. The van der Waals surface area contributed by atoms with Gasteiger partial charge < -0.3 is 4.90 Å². The molecule has 1 aliphatic carbocycles. The van der Waals surface area contributed by atoms with E-state index < -0.39 is 0 Å². The molecule has 1 heterocycles. The summed E-state index contributed by atoms with van der Waals surface area (Å²) in [6.07, 6.45) is 1.54. The molecular formula is C7H13N. The van der Waals surface area contributed by atoms with Crippen LogP contribution in [0, 0.1) is 11.8 Å². The number of rotatable bonds is 1. The molecule has 8 heavy (non-hydrogen) atoms. The maximum Gasteiger partial charge on any atom is 0.00129 e. The average Bonchev–Trinajstić information content (AvgIpc) is 2.40. The van der Waals surface area contributed by atoms with Crippen LogP contribution in [0.3, 0.4) is 0 Å². The second-order valence-electron chi connectivity index (χ2n) is 3.11. The summed E-state index contributed by atoms with van der Waals surface area (Å²) < 4.78 is 0. The van der Waals surface area contributed by atoms with Crippen molar-refractivity contribution in [2.45, 2.75) is 13.3 Å². The highest BCUT2D eigenvalue weighted by atomic mass is 15.2. The van der Waals surface area contributed by atoms with Gasteiger partial charge in [0.2, 0.25) is 0 Å². The molecule has 0 aromatic heterocycles. The van der Waals surface area contributed by atoms with Gasteiger partial charge in [-0.3, -0.25) is 0 Å². The minimum Gasteiger partial charge on any atom is -0.303 e. The van der Waals surface area contributed by atoms with E-state index in [0.717, 1.165) is 11.8 Å². The number of nitrogens with zero attached hydrogens (tertiary/aromatic N) is 1. The van der Waals surface area contributed by atoms with Crippen LogP contribution in [0.4, 0.5) is 0 Å². The first-order chi connectivity index (χ1) is 3.90. The molecule has 1 saturated carbocycles. The highest BCUT2D eigenvalue weighted by Crippen LogP contribution is 2.44. The van der Waals surface area contributed by atoms with Crippen LogP contribution in [0.25, 0.3) is 0 Å². The van der Waals surface area contributed by atoms with Gasteiger partial charge in [-0.05, 0) is 24.8 Å². The summed E-state index contributed by atoms with van der Waals surface area (Å²) in [6.45, 7) is 6.33. The Kier molecular flexibility index (Phi) is 0.884. The molecule has 0 amide bonds. The summed E-state index contributed by atoms with van der Waals surface area (Å²) in [7, 11) is 0. The SMILES string of the molecule is CCN1CC2C[C@H]2C1. The van der Waals surface area contributed by atoms with Gasteiger partial charge in [-0.25, -0.2) is 0 Å². The third-order valence-electron chi connectivity index (χ3n) is 2.50. The van der Waals surface area contributed by atoms with Gasteiger partial charge in [0.1, 0.15) is 0 Å². The molecule has 1 aliphatic heterocycles. The fourth-order valence-corrected chi connectivity index (χ4v) is 1.75. The zero-order chi connectivity index (χ0) is 5.56. The summed E-state index contributed by atoms with van der Waals surface area (Å²) in [5.41, 5.74) is 0. The highest BCUT2D eigenvalue weighted by Gasteiger charge is 2.44. The largest absolute Gasteiger partial charge is 0.303 e. The second-order valence-corrected chi connectivity index (χ2v) is 3.11. The van der Waals surface area contributed by atoms with Crippen LogP contribution in [0.5, 0.6) is 0 Å². The second kappa shape index (κ2) is 1.47. The van der Waals surface area contributed by atoms with Crippen molar-refractivity contribution in [3.63, 3.8) is 0 Å². The van der Waals surface area contributed by atoms with E-state index in [0.29, 0.717) is 0 Å². The Morgan fingerprint density at radius 1 is 1.38 bits per heavy atom. The molecule has 0 bridgehead atoms. The molecule has 0 spiro atoms. The summed E-state index contributed by atoms with van der Waals surface area (Å²) in [5.74, 6) is 2.24. The zero-order valence-corrected chi connectivity index (χ0v) is 5.43. The molecule has 2 atom stereocenters. The Morgan fingerprint density at radius 2 is 2.00 bits per heavy atom. The lowest BCUT2D eigenvalue weighted by atomic mass is 10.4. The first-order valence-corrected chi connectivity index (χ1v) is 3.62. The van der Waals surface area contributed by atoms with Crippen LogP contribution in [0.15, 0.2) is 0 Å². The van der Waals surface area contributed by atoms with E-state index >= 15 is 0 Å². The lowest BCUT2D eigenvalue weighted by Gasteiger charge is -2.12. The number of hydrogen-bond acceptors (Lipinski definition) is 1. The van der Waals surface area contributed by atoms with Crippen molar-refractivity contribution in [1.82, 2.24) is 4.90 Å². The van der Waals surface area contributed by atoms with Gasteiger partial charge >= 0.3 is 0 Å². The molecule has 0 N–H and O–H groups in total. The molecule has 1 nitrogen and oxygen atoms in total. The molecule has 2 rings (SSSR count). The van der Waals surface area contributed by atoms with Crippen LogP contribution in [0.1, 0.15) is 13.3 Å². The Bertz CT molecular complexity index is 90.6. The van der Waals surface area contributed by atoms with Crippen LogP contribution >= 0.6 is 0 Å². The molecular weight excluding hydrogens is 98.1 g/mol. The molecule has 0 aromatic carbocycles. The summed E-state index contributed by atoms with van der Waals surface area (Å²) >= 11 is 0. The van der Waals surface area contributed by atoms with E-state index in [2.05, 4.69) is 11.8 Å². The van der Waals surface area contributed by atoms with Crippen molar-refractivity contribution in [2.24, 2.45) is 11.8 Å². The lowest BCUT2D eigenvalue weighted by Crippen LogP contribution is -2.21. The van der Waals surface area contributed by atoms with Crippen LogP contribution in [-0.2, 0) is 0 Å². The fourth-order valence-electron chi connectivity index (χ4n) is 1.75. The Hall–Kier alpha value is -0.0400. The number of hydrogen-bond donors (Lipinski definition) is 0. The summed E-state index contributed by atoms with van der Waals surface area (Å²) in [5, 5.41) is 0. The van der Waals surface area contributed by atoms with Crippen LogP contribution < -0.4 is 0 Å². The standard InChI is InChI=1S/C7H13N/c1-2-8-4-6-3-7(6)5-8/h6-7H,2-5H2,1H3/t6-,7?/m0/s1. The molecule has 0 aromatic rings. The van der Waals surface area contributed by atoms with Gasteiger partial charge in [0.15, 0.2) is 0 Å². The molecule has 0 radical (unpaired) electrons. The van der Waals surface area contributed by atoms with Crippen molar-refractivity contribution >= 4 is 0 Å². The van der Waals surface area contributed by atoms with Crippen molar-refractivity contribution < 1.29 is 0 Å². The maximum absolute atomic E-state index is 2.55. The van der Waals surface area contributed by atoms with E-state index in [1.807, 2.05) is 0 Å². The highest BCUT2D eigenvalue weighted by molar-refractivity contribution is 4.96. The first kappa shape index (κ1) is 4.80. The van der Waals surface area contributed by atoms with Gasteiger partial charge in [0.05, 0.1) is 0 Å². The van der Waals surface area contributed by atoms with Crippen molar-refractivity contribution in [3.8, 4) is 0 Å². The third-order valence-corrected chi connectivity index (χ3v) is 2.50. The predicted octanol–water partition coefficient (Wildman–Crippen LogP) is 0.958.